The summed E-state index contributed by atoms with van der Waals surface area (Å²) in [5.74, 6) is -3.66. The van der Waals surface area contributed by atoms with Crippen LogP contribution in [0.4, 0.5) is 4.79 Å². The summed E-state index contributed by atoms with van der Waals surface area (Å²) in [6, 6.07) is -4.15. The standard InChI is InChI=1S/C44H73N5O9S/c1-10-24-45-39(53)35(50)32(26-29-19-20-29)46-38(52)34-31(28(2)3)21-25-49(34)40(54)36(42(4,5)6)48-37(51)33(30-17-13-11-14-18-30)47-41(55)58-44(22-15-12-16-23-44)27-59(56,57)43(7,8)9/h10,28-34,36H,1,11-27H2,2-9H3,(H,45,53)(H,46,52)(H,47,55)(H,48,51)/t31-,32?,33+,34+,36-/m1/s1. The smallest absolute Gasteiger partial charge is 0.408 e. The van der Waals surface area contributed by atoms with Crippen LogP contribution in [0.5, 0.6) is 0 Å². The third-order valence-corrected chi connectivity index (χ3v) is 15.7. The van der Waals surface area contributed by atoms with Gasteiger partial charge >= 0.3 is 6.09 Å². The van der Waals surface area contributed by atoms with Gasteiger partial charge in [0.15, 0.2) is 9.84 Å². The molecule has 0 aromatic carbocycles. The van der Waals surface area contributed by atoms with E-state index in [0.29, 0.717) is 51.4 Å². The molecule has 0 bridgehead atoms. The van der Waals surface area contributed by atoms with Gasteiger partial charge in [-0.3, -0.25) is 24.0 Å². The molecular formula is C44H73N5O9S. The van der Waals surface area contributed by atoms with Crippen LogP contribution >= 0.6 is 0 Å². The highest BCUT2D eigenvalue weighted by Crippen LogP contribution is 2.38. The lowest BCUT2D eigenvalue weighted by atomic mass is 9.82. The lowest BCUT2D eigenvalue weighted by Crippen LogP contribution is -2.62. The van der Waals surface area contributed by atoms with Crippen molar-refractivity contribution in [3.63, 3.8) is 0 Å². The molecule has 4 rings (SSSR count). The number of sulfone groups is 1. The number of ketones is 1. The maximum atomic E-state index is 14.8. The third kappa shape index (κ3) is 12.8. The highest BCUT2D eigenvalue weighted by Gasteiger charge is 2.49. The first-order chi connectivity index (χ1) is 27.5. The zero-order valence-corrected chi connectivity index (χ0v) is 37.8. The number of amides is 5. The van der Waals surface area contributed by atoms with Gasteiger partial charge in [-0.05, 0) is 101 Å². The first-order valence-electron chi connectivity index (χ1n) is 22.1. The van der Waals surface area contributed by atoms with E-state index >= 15 is 0 Å². The Morgan fingerprint density at radius 2 is 1.46 bits per heavy atom. The highest BCUT2D eigenvalue weighted by atomic mass is 32.2. The number of hydrogen-bond acceptors (Lipinski definition) is 9. The fourth-order valence-corrected chi connectivity index (χ4v) is 10.5. The number of alkyl carbamates (subject to hydrolysis) is 1. The number of Topliss-reactive ketones (excluding diaryl/α,β-unsaturated/α-hetero) is 1. The molecule has 15 heteroatoms. The van der Waals surface area contributed by atoms with Crippen molar-refractivity contribution in [1.82, 2.24) is 26.2 Å². The van der Waals surface area contributed by atoms with E-state index in [0.717, 1.165) is 38.5 Å². The summed E-state index contributed by atoms with van der Waals surface area (Å²) in [6.07, 6.45) is 10.5. The summed E-state index contributed by atoms with van der Waals surface area (Å²) in [6.45, 7) is 18.3. The highest BCUT2D eigenvalue weighted by molar-refractivity contribution is 7.92. The zero-order chi connectivity index (χ0) is 43.9. The molecular weight excluding hydrogens is 775 g/mol. The Morgan fingerprint density at radius 1 is 0.847 bits per heavy atom. The number of likely N-dealkylation sites (tertiary alicyclic amines) is 1. The first-order valence-corrected chi connectivity index (χ1v) is 23.7. The molecule has 0 spiro atoms. The predicted octanol–water partition coefficient (Wildman–Crippen LogP) is 5.14. The van der Waals surface area contributed by atoms with E-state index in [1.165, 1.54) is 11.0 Å². The predicted molar refractivity (Wildman–Crippen MR) is 227 cm³/mol. The number of carbonyl (C=O) groups is 6. The minimum Gasteiger partial charge on any atom is -0.442 e. The van der Waals surface area contributed by atoms with Crippen molar-refractivity contribution in [1.29, 1.82) is 0 Å². The van der Waals surface area contributed by atoms with Gasteiger partial charge in [-0.2, -0.15) is 0 Å². The second-order valence-corrected chi connectivity index (χ2v) is 22.9. The average Bonchev–Trinajstić information content (AvgIpc) is 3.86. The number of carbonyl (C=O) groups excluding carboxylic acids is 6. The largest absolute Gasteiger partial charge is 0.442 e. The summed E-state index contributed by atoms with van der Waals surface area (Å²) < 4.78 is 31.9. The third-order valence-electron chi connectivity index (χ3n) is 12.9. The quantitative estimate of drug-likeness (QED) is 0.113. The molecule has 14 nitrogen and oxygen atoms in total. The molecule has 1 aliphatic heterocycles. The van der Waals surface area contributed by atoms with Crippen molar-refractivity contribution >= 4 is 45.3 Å². The summed E-state index contributed by atoms with van der Waals surface area (Å²) in [7, 11) is -3.65. The molecule has 5 atom stereocenters. The Hall–Kier alpha value is -3.49. The van der Waals surface area contributed by atoms with E-state index in [2.05, 4.69) is 27.8 Å². The van der Waals surface area contributed by atoms with Crippen molar-refractivity contribution in [3.8, 4) is 0 Å². The average molecular weight is 848 g/mol. The molecule has 0 aromatic rings. The van der Waals surface area contributed by atoms with Gasteiger partial charge in [-0.1, -0.05) is 79.2 Å². The SMILES string of the molecule is C=CCNC(=O)C(=O)C(CC1CC1)NC(=O)[C@@H]1[C@@H](C(C)C)CCN1C(=O)[C@@H](NC(=O)[C@@H](NC(=O)OC1(CS(=O)(=O)C(C)(C)C)CCCCC1)C1CCCCC1)C(C)(C)C. The molecule has 0 aromatic heterocycles. The second kappa shape index (κ2) is 19.9. The number of hydrogen-bond donors (Lipinski definition) is 4. The molecule has 5 amide bonds. The molecule has 334 valence electrons. The molecule has 1 heterocycles. The zero-order valence-electron chi connectivity index (χ0n) is 37.0. The van der Waals surface area contributed by atoms with Crippen molar-refractivity contribution < 1.29 is 41.9 Å². The van der Waals surface area contributed by atoms with Crippen LogP contribution in [0.2, 0.25) is 0 Å². The van der Waals surface area contributed by atoms with Crippen LogP contribution in [0.3, 0.4) is 0 Å². The van der Waals surface area contributed by atoms with Crippen LogP contribution in [0.1, 0.15) is 145 Å². The lowest BCUT2D eigenvalue weighted by molar-refractivity contribution is -0.146. The van der Waals surface area contributed by atoms with Crippen LogP contribution in [-0.2, 0) is 38.5 Å². The second-order valence-electron chi connectivity index (χ2n) is 20.1. The van der Waals surface area contributed by atoms with Gasteiger partial charge in [0.1, 0.15) is 23.7 Å². The van der Waals surface area contributed by atoms with E-state index in [-0.39, 0.29) is 42.5 Å². The summed E-state index contributed by atoms with van der Waals surface area (Å²) in [4.78, 5) is 85.0. The Labute approximate surface area is 352 Å². The minimum atomic E-state index is -3.65. The minimum absolute atomic E-state index is 0.00330. The van der Waals surface area contributed by atoms with Gasteiger partial charge in [0.2, 0.25) is 23.5 Å². The molecule has 59 heavy (non-hydrogen) atoms. The fraction of sp³-hybridized carbons (Fsp3) is 0.818. The Bertz CT molecular complexity index is 1650. The van der Waals surface area contributed by atoms with Gasteiger partial charge in [-0.25, -0.2) is 13.2 Å². The molecule has 0 radical (unpaired) electrons. The van der Waals surface area contributed by atoms with Crippen LogP contribution < -0.4 is 21.3 Å². The molecule has 1 unspecified atom stereocenters. The van der Waals surface area contributed by atoms with Crippen LogP contribution in [-0.4, -0.2) is 102 Å². The van der Waals surface area contributed by atoms with Gasteiger partial charge in [0.25, 0.3) is 5.91 Å². The van der Waals surface area contributed by atoms with E-state index in [1.807, 2.05) is 34.6 Å². The Balaban J connectivity index is 1.58. The van der Waals surface area contributed by atoms with Crippen molar-refractivity contribution in [2.45, 2.75) is 180 Å². The van der Waals surface area contributed by atoms with Gasteiger partial charge in [-0.15, -0.1) is 6.58 Å². The van der Waals surface area contributed by atoms with E-state index in [1.54, 1.807) is 20.8 Å². The summed E-state index contributed by atoms with van der Waals surface area (Å²) >= 11 is 0. The Kier molecular flexibility index (Phi) is 16.3. The lowest BCUT2D eigenvalue weighted by Gasteiger charge is -2.40. The van der Waals surface area contributed by atoms with Crippen LogP contribution in [0, 0.1) is 29.1 Å². The number of ether oxygens (including phenoxy) is 1. The van der Waals surface area contributed by atoms with Crippen LogP contribution in [0.25, 0.3) is 0 Å². The van der Waals surface area contributed by atoms with E-state index in [9.17, 15) is 37.2 Å². The number of nitrogens with zero attached hydrogens (tertiary/aromatic N) is 1. The fourth-order valence-electron chi connectivity index (χ4n) is 8.98. The molecule has 1 saturated heterocycles. The monoisotopic (exact) mass is 848 g/mol. The topological polar surface area (TPSA) is 197 Å². The first kappa shape index (κ1) is 48.2. The molecule has 4 fully saturated rings. The van der Waals surface area contributed by atoms with E-state index < -0.39 is 85.3 Å². The van der Waals surface area contributed by atoms with Crippen molar-refractivity contribution in [3.05, 3.63) is 12.7 Å². The van der Waals surface area contributed by atoms with Gasteiger partial charge in [0.05, 0.1) is 16.5 Å². The molecule has 3 saturated carbocycles. The molecule has 3 aliphatic carbocycles. The molecule has 4 aliphatic rings. The van der Waals surface area contributed by atoms with Crippen molar-refractivity contribution in [2.75, 3.05) is 18.8 Å². The number of rotatable bonds is 17. The number of nitrogens with one attached hydrogen (secondary N) is 4. The molecule has 4 N–H and O–H groups in total. The Morgan fingerprint density at radius 3 is 2.00 bits per heavy atom. The van der Waals surface area contributed by atoms with Gasteiger partial charge < -0.3 is 30.9 Å². The maximum absolute atomic E-state index is 14.8. The normalized spacial score (nSPS) is 23.0. The van der Waals surface area contributed by atoms with Crippen molar-refractivity contribution in [2.24, 2.45) is 29.1 Å². The maximum Gasteiger partial charge on any atom is 0.408 e. The van der Waals surface area contributed by atoms with E-state index in [4.69, 9.17) is 4.74 Å². The summed E-state index contributed by atoms with van der Waals surface area (Å²) in [5, 5.41) is 11.2. The summed E-state index contributed by atoms with van der Waals surface area (Å²) in [5.41, 5.74) is -2.05. The van der Waals surface area contributed by atoms with Crippen LogP contribution in [0.15, 0.2) is 12.7 Å². The van der Waals surface area contributed by atoms with Gasteiger partial charge in [0, 0.05) is 13.1 Å².